The molecule has 180 valence electrons. The van der Waals surface area contributed by atoms with E-state index in [1.165, 1.54) is 0 Å². The van der Waals surface area contributed by atoms with E-state index in [9.17, 15) is 4.79 Å². The van der Waals surface area contributed by atoms with Gasteiger partial charge in [-0.3, -0.25) is 9.36 Å². The second-order valence-electron chi connectivity index (χ2n) is 8.30. The molecular weight excluding hydrogens is 440 g/mol. The Kier molecular flexibility index (Phi) is 6.07. The number of nitrogens with zero attached hydrogens (tertiary/aromatic N) is 7. The maximum absolute atomic E-state index is 13.4. The minimum Gasteiger partial charge on any atom is -0.497 e. The Morgan fingerprint density at radius 1 is 1.12 bits per heavy atom. The lowest BCUT2D eigenvalue weighted by Crippen LogP contribution is -2.45. The van der Waals surface area contributed by atoms with Crippen molar-refractivity contribution in [1.82, 2.24) is 30.0 Å². The number of rotatable bonds is 5. The number of hydrogen-bond donors (Lipinski definition) is 1. The van der Waals surface area contributed by atoms with Crippen LogP contribution in [0.3, 0.4) is 0 Å². The number of ether oxygens (including phenoxy) is 2. The molecule has 1 fully saturated rings. The Bertz CT molecular complexity index is 1170. The van der Waals surface area contributed by atoms with Gasteiger partial charge in [0.25, 0.3) is 5.91 Å². The van der Waals surface area contributed by atoms with E-state index in [4.69, 9.17) is 18.9 Å². The summed E-state index contributed by atoms with van der Waals surface area (Å²) >= 11 is 0. The molecule has 0 spiro atoms. The second-order valence-corrected chi connectivity index (χ2v) is 8.30. The molecule has 1 saturated heterocycles. The van der Waals surface area contributed by atoms with Gasteiger partial charge in [0.15, 0.2) is 11.5 Å². The average Bonchev–Trinajstić information content (AvgIpc) is 3.49. The predicted octanol–water partition coefficient (Wildman–Crippen LogP) is 0.853. The van der Waals surface area contributed by atoms with Crippen LogP contribution in [-0.4, -0.2) is 91.4 Å². The highest BCUT2D eigenvalue weighted by Gasteiger charge is 2.32. The molecule has 0 bridgehead atoms. The number of piperazine rings is 1. The molecule has 3 aromatic rings. The van der Waals surface area contributed by atoms with E-state index in [1.807, 2.05) is 40.8 Å². The molecule has 34 heavy (non-hydrogen) atoms. The van der Waals surface area contributed by atoms with E-state index >= 15 is 0 Å². The fraction of sp³-hybridized carbons (Fsp3) is 0.455. The molecule has 0 saturated carbocycles. The first-order valence-electron chi connectivity index (χ1n) is 11.1. The van der Waals surface area contributed by atoms with Crippen LogP contribution in [0.1, 0.15) is 16.4 Å². The summed E-state index contributed by atoms with van der Waals surface area (Å²) in [7, 11) is 5.19. The van der Waals surface area contributed by atoms with Crippen LogP contribution in [0.25, 0.3) is 11.5 Å². The standard InChI is InChI=1S/C22H28N8O4/c1-27-13-33-14-28(2)21(31)18-19(27)24-22(29-9-7-23-8-10-29)30(18)12-17-25-26-20(34-17)15-5-4-6-16(11-15)32-3/h4-6,11,23H,7-10,12-14H2,1-3H3. The number of nitrogens with one attached hydrogen (secondary N) is 1. The van der Waals surface area contributed by atoms with Gasteiger partial charge < -0.3 is 33.9 Å². The van der Waals surface area contributed by atoms with E-state index in [-0.39, 0.29) is 19.2 Å². The lowest BCUT2D eigenvalue weighted by atomic mass is 10.2. The number of imidazole rings is 1. The van der Waals surface area contributed by atoms with Gasteiger partial charge in [0.1, 0.15) is 25.8 Å². The molecular formula is C22H28N8O4. The van der Waals surface area contributed by atoms with Gasteiger partial charge in [0, 0.05) is 45.8 Å². The Balaban J connectivity index is 1.55. The van der Waals surface area contributed by atoms with Gasteiger partial charge in [0.2, 0.25) is 17.7 Å². The second kappa shape index (κ2) is 9.31. The summed E-state index contributed by atoms with van der Waals surface area (Å²) in [6.07, 6.45) is 0. The highest BCUT2D eigenvalue weighted by molar-refractivity contribution is 5.98. The highest BCUT2D eigenvalue weighted by atomic mass is 16.5. The van der Waals surface area contributed by atoms with Crippen LogP contribution < -0.4 is 19.9 Å². The Labute approximate surface area is 197 Å². The van der Waals surface area contributed by atoms with E-state index in [0.717, 1.165) is 31.7 Å². The maximum atomic E-state index is 13.4. The van der Waals surface area contributed by atoms with Crippen LogP contribution in [0.5, 0.6) is 5.75 Å². The average molecular weight is 469 g/mol. The number of anilines is 2. The number of fused-ring (bicyclic) bond motifs is 1. The van der Waals surface area contributed by atoms with Crippen LogP contribution in [0.15, 0.2) is 28.7 Å². The summed E-state index contributed by atoms with van der Waals surface area (Å²) in [5, 5.41) is 11.8. The molecule has 2 aliphatic heterocycles. The van der Waals surface area contributed by atoms with Gasteiger partial charge in [0.05, 0.1) is 7.11 Å². The van der Waals surface area contributed by atoms with Gasteiger partial charge in [-0.15, -0.1) is 10.2 Å². The first-order chi connectivity index (χ1) is 16.5. The van der Waals surface area contributed by atoms with E-state index < -0.39 is 0 Å². The van der Waals surface area contributed by atoms with Crippen molar-refractivity contribution in [3.8, 4) is 17.2 Å². The zero-order valence-electron chi connectivity index (χ0n) is 19.5. The zero-order valence-corrected chi connectivity index (χ0v) is 19.5. The first-order valence-corrected chi connectivity index (χ1v) is 11.1. The van der Waals surface area contributed by atoms with Gasteiger partial charge in [-0.1, -0.05) is 6.07 Å². The molecule has 0 unspecified atom stereocenters. The molecule has 5 rings (SSSR count). The minimum absolute atomic E-state index is 0.178. The number of hydrogen-bond acceptors (Lipinski definition) is 10. The fourth-order valence-corrected chi connectivity index (χ4v) is 4.10. The summed E-state index contributed by atoms with van der Waals surface area (Å²) in [6.45, 7) is 3.96. The monoisotopic (exact) mass is 468 g/mol. The lowest BCUT2D eigenvalue weighted by molar-refractivity contribution is 0.0312. The molecule has 0 radical (unpaired) electrons. The molecule has 12 heteroatoms. The SMILES string of the molecule is COc1cccc(-c2nnc(Cn3c(N4CCNCC4)nc4c3C(=O)N(C)COCN4C)o2)c1. The smallest absolute Gasteiger partial charge is 0.276 e. The summed E-state index contributed by atoms with van der Waals surface area (Å²) in [6, 6.07) is 7.44. The largest absolute Gasteiger partial charge is 0.497 e. The fourth-order valence-electron chi connectivity index (χ4n) is 4.10. The quantitative estimate of drug-likeness (QED) is 0.578. The van der Waals surface area contributed by atoms with Gasteiger partial charge >= 0.3 is 0 Å². The normalized spacial score (nSPS) is 16.9. The van der Waals surface area contributed by atoms with Crippen molar-refractivity contribution in [3.05, 3.63) is 35.9 Å². The van der Waals surface area contributed by atoms with Crippen molar-refractivity contribution in [1.29, 1.82) is 0 Å². The lowest BCUT2D eigenvalue weighted by Gasteiger charge is -2.29. The number of benzene rings is 1. The topological polar surface area (TPSA) is 114 Å². The van der Waals surface area contributed by atoms with E-state index in [1.54, 1.807) is 19.1 Å². The molecule has 0 atom stereocenters. The number of carbonyl (C=O) groups is 1. The highest BCUT2D eigenvalue weighted by Crippen LogP contribution is 2.30. The third kappa shape index (κ3) is 4.17. The van der Waals surface area contributed by atoms with E-state index in [0.29, 0.717) is 41.7 Å². The van der Waals surface area contributed by atoms with Gasteiger partial charge in [-0.25, -0.2) is 0 Å². The Morgan fingerprint density at radius 2 is 1.91 bits per heavy atom. The van der Waals surface area contributed by atoms with Gasteiger partial charge in [-0.2, -0.15) is 4.98 Å². The summed E-state index contributed by atoms with van der Waals surface area (Å²) in [4.78, 5) is 23.8. The number of amides is 1. The minimum atomic E-state index is -0.178. The molecule has 4 heterocycles. The van der Waals surface area contributed by atoms with Crippen LogP contribution in [0.4, 0.5) is 11.8 Å². The molecule has 2 aromatic heterocycles. The van der Waals surface area contributed by atoms with E-state index in [2.05, 4.69) is 20.4 Å². The van der Waals surface area contributed by atoms with Crippen molar-refractivity contribution in [2.45, 2.75) is 6.54 Å². The van der Waals surface area contributed by atoms with Crippen LogP contribution in [0.2, 0.25) is 0 Å². The van der Waals surface area contributed by atoms with Crippen LogP contribution >= 0.6 is 0 Å². The Morgan fingerprint density at radius 3 is 2.71 bits per heavy atom. The summed E-state index contributed by atoms with van der Waals surface area (Å²) in [5.74, 6) is 2.55. The van der Waals surface area contributed by atoms with Crippen molar-refractivity contribution in [2.75, 3.05) is 70.6 Å². The predicted molar refractivity (Wildman–Crippen MR) is 124 cm³/mol. The van der Waals surface area contributed by atoms with Crippen molar-refractivity contribution in [3.63, 3.8) is 0 Å². The van der Waals surface area contributed by atoms with Crippen molar-refractivity contribution < 1.29 is 18.7 Å². The zero-order chi connectivity index (χ0) is 23.7. The molecule has 1 amide bonds. The van der Waals surface area contributed by atoms with Crippen LogP contribution in [-0.2, 0) is 11.3 Å². The summed E-state index contributed by atoms with van der Waals surface area (Å²) in [5.41, 5.74) is 1.23. The molecule has 0 aliphatic carbocycles. The van der Waals surface area contributed by atoms with Crippen molar-refractivity contribution >= 4 is 17.7 Å². The number of carbonyl (C=O) groups excluding carboxylic acids is 1. The molecule has 1 aromatic carbocycles. The van der Waals surface area contributed by atoms with Crippen molar-refractivity contribution in [2.24, 2.45) is 0 Å². The molecule has 1 N–H and O–H groups in total. The van der Waals surface area contributed by atoms with Crippen LogP contribution in [0, 0.1) is 0 Å². The maximum Gasteiger partial charge on any atom is 0.276 e. The third-order valence-electron chi connectivity index (χ3n) is 5.89. The Hall–Kier alpha value is -3.64. The first kappa shape index (κ1) is 22.2. The third-order valence-corrected chi connectivity index (χ3v) is 5.89. The number of aromatic nitrogens is 4. The number of methoxy groups -OCH3 is 1. The molecule has 12 nitrogen and oxygen atoms in total. The summed E-state index contributed by atoms with van der Waals surface area (Å²) < 4.78 is 18.8. The molecule has 2 aliphatic rings. The van der Waals surface area contributed by atoms with Gasteiger partial charge in [-0.05, 0) is 18.2 Å².